The van der Waals surface area contributed by atoms with Crippen molar-refractivity contribution in [2.45, 2.75) is 136 Å². The van der Waals surface area contributed by atoms with E-state index in [4.69, 9.17) is 18.5 Å². The Kier molecular flexibility index (Phi) is 29.2. The number of unbranched alkanes of at least 4 members (excludes halogenated alkanes) is 12. The first-order chi connectivity index (χ1) is 21.6. The molecule has 0 saturated heterocycles. The Labute approximate surface area is 276 Å². The highest BCUT2D eigenvalue weighted by molar-refractivity contribution is 7.45. The minimum absolute atomic E-state index is 0.0203. The molecule has 0 bridgehead atoms. The van der Waals surface area contributed by atoms with E-state index in [0.717, 1.165) is 57.8 Å². The van der Waals surface area contributed by atoms with Gasteiger partial charge in [-0.1, -0.05) is 115 Å². The Morgan fingerprint density at radius 1 is 0.711 bits per heavy atom. The number of allylic oxidation sites excluding steroid dienone is 6. The molecule has 9 heteroatoms. The fourth-order valence-corrected chi connectivity index (χ4v) is 5.17. The fraction of sp³-hybridized carbons (Fsp3) is 0.806. The van der Waals surface area contributed by atoms with E-state index in [-0.39, 0.29) is 32.2 Å². The van der Waals surface area contributed by atoms with Crippen molar-refractivity contribution in [3.8, 4) is 0 Å². The summed E-state index contributed by atoms with van der Waals surface area (Å²) in [5, 5.41) is 0. The van der Waals surface area contributed by atoms with Gasteiger partial charge < -0.3 is 27.9 Å². The van der Waals surface area contributed by atoms with Crippen LogP contribution in [0.1, 0.15) is 129 Å². The van der Waals surface area contributed by atoms with Gasteiger partial charge in [0.1, 0.15) is 19.3 Å². The number of rotatable bonds is 32. The molecular formula is C36H68NO7P. The van der Waals surface area contributed by atoms with Gasteiger partial charge in [-0.25, -0.2) is 0 Å². The molecule has 2 unspecified atom stereocenters. The lowest BCUT2D eigenvalue weighted by atomic mass is 10.1. The summed E-state index contributed by atoms with van der Waals surface area (Å²) in [7, 11) is 1.33. The van der Waals surface area contributed by atoms with E-state index in [2.05, 4.69) is 50.3 Å². The number of hydrogen-bond acceptors (Lipinski definition) is 7. The van der Waals surface area contributed by atoms with Crippen molar-refractivity contribution in [1.82, 2.24) is 0 Å². The highest BCUT2D eigenvalue weighted by Gasteiger charge is 2.20. The van der Waals surface area contributed by atoms with Gasteiger partial charge in [0.2, 0.25) is 0 Å². The number of likely N-dealkylation sites (N-methyl/N-ethyl adjacent to an activating group) is 1. The zero-order valence-corrected chi connectivity index (χ0v) is 30.5. The zero-order valence-electron chi connectivity index (χ0n) is 29.6. The van der Waals surface area contributed by atoms with Crippen LogP contribution in [0.25, 0.3) is 0 Å². The normalized spacial score (nSPS) is 14.5. The average molecular weight is 658 g/mol. The molecule has 0 aromatic carbocycles. The lowest BCUT2D eigenvalue weighted by Gasteiger charge is -2.28. The van der Waals surface area contributed by atoms with Crippen molar-refractivity contribution in [3.05, 3.63) is 36.5 Å². The van der Waals surface area contributed by atoms with Crippen LogP contribution in [0.4, 0.5) is 0 Å². The molecule has 2 atom stereocenters. The highest BCUT2D eigenvalue weighted by atomic mass is 31.2. The largest absolute Gasteiger partial charge is 0.756 e. The second-order valence-electron chi connectivity index (χ2n) is 12.9. The smallest absolute Gasteiger partial charge is 0.306 e. The van der Waals surface area contributed by atoms with Crippen LogP contribution in [0.15, 0.2) is 36.5 Å². The van der Waals surface area contributed by atoms with Gasteiger partial charge in [0.05, 0.1) is 34.4 Å². The van der Waals surface area contributed by atoms with Crippen LogP contribution in [-0.2, 0) is 27.9 Å². The number of phosphoric acid groups is 1. The molecule has 0 rings (SSSR count). The van der Waals surface area contributed by atoms with Gasteiger partial charge in [0.15, 0.2) is 0 Å². The summed E-state index contributed by atoms with van der Waals surface area (Å²) >= 11 is 0. The second kappa shape index (κ2) is 30.1. The van der Waals surface area contributed by atoms with Crippen LogP contribution in [0.2, 0.25) is 0 Å². The van der Waals surface area contributed by atoms with E-state index in [1.165, 1.54) is 51.4 Å². The topological polar surface area (TPSA) is 94.1 Å². The molecule has 264 valence electrons. The van der Waals surface area contributed by atoms with E-state index >= 15 is 0 Å². The summed E-state index contributed by atoms with van der Waals surface area (Å²) in [5.74, 6) is -0.365. The summed E-state index contributed by atoms with van der Waals surface area (Å²) in [4.78, 5) is 24.8. The van der Waals surface area contributed by atoms with Crippen molar-refractivity contribution in [1.29, 1.82) is 0 Å². The van der Waals surface area contributed by atoms with Crippen molar-refractivity contribution >= 4 is 13.8 Å². The zero-order chi connectivity index (χ0) is 33.5. The van der Waals surface area contributed by atoms with Gasteiger partial charge >= 0.3 is 5.97 Å². The first-order valence-electron chi connectivity index (χ1n) is 17.7. The minimum atomic E-state index is -4.52. The molecule has 0 N–H and O–H groups in total. The second-order valence-corrected chi connectivity index (χ2v) is 14.3. The van der Waals surface area contributed by atoms with Crippen LogP contribution in [0.5, 0.6) is 0 Å². The number of quaternary nitrogens is 1. The molecule has 0 aromatic rings. The first-order valence-corrected chi connectivity index (χ1v) is 19.2. The highest BCUT2D eigenvalue weighted by Crippen LogP contribution is 2.38. The third kappa shape index (κ3) is 33.9. The van der Waals surface area contributed by atoms with Crippen LogP contribution in [0.3, 0.4) is 0 Å². The molecular weight excluding hydrogens is 589 g/mol. The predicted molar refractivity (Wildman–Crippen MR) is 185 cm³/mol. The van der Waals surface area contributed by atoms with E-state index in [1.54, 1.807) is 0 Å². The molecule has 0 radical (unpaired) electrons. The molecule has 0 heterocycles. The summed E-state index contributed by atoms with van der Waals surface area (Å²) in [6, 6.07) is 0. The summed E-state index contributed by atoms with van der Waals surface area (Å²) in [5.41, 5.74) is 0. The quantitative estimate of drug-likeness (QED) is 0.0235. The number of ether oxygens (including phenoxy) is 2. The third-order valence-electron chi connectivity index (χ3n) is 7.21. The van der Waals surface area contributed by atoms with Gasteiger partial charge in [0, 0.05) is 13.0 Å². The Morgan fingerprint density at radius 3 is 1.91 bits per heavy atom. The van der Waals surface area contributed by atoms with Crippen molar-refractivity contribution in [3.63, 3.8) is 0 Å². The van der Waals surface area contributed by atoms with Gasteiger partial charge in [-0.2, -0.15) is 0 Å². The van der Waals surface area contributed by atoms with Crippen LogP contribution in [0, 0.1) is 0 Å². The van der Waals surface area contributed by atoms with E-state index in [9.17, 15) is 14.3 Å². The average Bonchev–Trinajstić information content (AvgIpc) is 2.98. The number of carbonyl (C=O) groups is 1. The Hall–Kier alpha value is -1.28. The predicted octanol–water partition coefficient (Wildman–Crippen LogP) is 8.85. The van der Waals surface area contributed by atoms with Crippen molar-refractivity contribution < 1.29 is 37.3 Å². The molecule has 0 fully saturated rings. The maximum absolute atomic E-state index is 12.5. The van der Waals surface area contributed by atoms with E-state index < -0.39 is 13.9 Å². The minimum Gasteiger partial charge on any atom is -0.756 e. The van der Waals surface area contributed by atoms with Crippen molar-refractivity contribution in [2.75, 3.05) is 54.1 Å². The van der Waals surface area contributed by atoms with Gasteiger partial charge in [-0.3, -0.25) is 9.36 Å². The lowest BCUT2D eigenvalue weighted by Crippen LogP contribution is -2.37. The maximum Gasteiger partial charge on any atom is 0.306 e. The maximum atomic E-state index is 12.5. The molecule has 0 saturated carbocycles. The van der Waals surface area contributed by atoms with Gasteiger partial charge in [-0.15, -0.1) is 0 Å². The third-order valence-corrected chi connectivity index (χ3v) is 8.17. The molecule has 0 aromatic heterocycles. The van der Waals surface area contributed by atoms with E-state index in [0.29, 0.717) is 17.6 Å². The summed E-state index contributed by atoms with van der Waals surface area (Å²) in [6.07, 6.45) is 31.5. The van der Waals surface area contributed by atoms with Crippen LogP contribution >= 0.6 is 7.82 Å². The molecule has 0 spiro atoms. The molecule has 0 amide bonds. The summed E-state index contributed by atoms with van der Waals surface area (Å²) in [6.45, 7) is 5.23. The Bertz CT molecular complexity index is 823. The van der Waals surface area contributed by atoms with Crippen LogP contribution < -0.4 is 4.89 Å². The molecule has 0 aliphatic carbocycles. The number of carbonyl (C=O) groups excluding carboxylic acids is 1. The molecule has 8 nitrogen and oxygen atoms in total. The number of esters is 1. The Morgan fingerprint density at radius 2 is 1.29 bits per heavy atom. The first kappa shape index (κ1) is 43.7. The number of nitrogens with zero attached hydrogens (tertiary/aromatic N) is 1. The summed E-state index contributed by atoms with van der Waals surface area (Å²) < 4.78 is 34.3. The monoisotopic (exact) mass is 657 g/mol. The van der Waals surface area contributed by atoms with Crippen molar-refractivity contribution in [2.24, 2.45) is 0 Å². The standard InChI is InChI=1S/C36H68NO7P/c1-6-8-10-12-14-16-18-19-20-21-23-25-27-29-36(38)44-35(34-43-45(39,40)42-32-30-37(3,4)5)33-41-31-28-26-24-22-17-15-13-11-9-7-2/h8,10,14,16,19-20,35H,6-7,9,11-13,15,17-18,21-34H2,1-5H3/b10-8-,16-14-,20-19-. The van der Waals surface area contributed by atoms with Crippen LogP contribution in [-0.4, -0.2) is 70.7 Å². The number of phosphoric ester groups is 1. The SMILES string of the molecule is CC/C=C\C/C=C\C/C=C\CCCCCC(=O)OC(COCCCCCCCCCCCC)COP(=O)([O-])OCC[N+](C)(C)C. The number of hydrogen-bond donors (Lipinski definition) is 0. The van der Waals surface area contributed by atoms with Gasteiger partial charge in [-0.05, 0) is 44.9 Å². The lowest BCUT2D eigenvalue weighted by molar-refractivity contribution is -0.870. The van der Waals surface area contributed by atoms with Gasteiger partial charge in [0.25, 0.3) is 7.82 Å². The van der Waals surface area contributed by atoms with E-state index in [1.807, 2.05) is 21.1 Å². The molecule has 45 heavy (non-hydrogen) atoms. The molecule has 0 aliphatic rings. The molecule has 0 aliphatic heterocycles. The fourth-order valence-electron chi connectivity index (χ4n) is 4.44. The Balaban J connectivity index is 4.40.